The Bertz CT molecular complexity index is 5450. The van der Waals surface area contributed by atoms with Crippen LogP contribution in [0, 0.1) is 34.8 Å². The number of anilines is 2. The number of hydrogen-bond donors (Lipinski definition) is 5. The molecule has 33 heteroatoms. The van der Waals surface area contributed by atoms with Crippen molar-refractivity contribution in [2.75, 3.05) is 23.0 Å². The molecule has 616 valence electrons. The van der Waals surface area contributed by atoms with Gasteiger partial charge in [0, 0.05) is 109 Å². The topological polar surface area (TPSA) is 373 Å². The molecule has 8 aromatic rings. The summed E-state index contributed by atoms with van der Waals surface area (Å²) in [5, 5.41) is 26.9. The van der Waals surface area contributed by atoms with Crippen LogP contribution in [0.1, 0.15) is 191 Å². The van der Waals surface area contributed by atoms with Crippen molar-refractivity contribution in [3.05, 3.63) is 211 Å². The highest BCUT2D eigenvalue weighted by Gasteiger charge is 2.65. The molecule has 0 bridgehead atoms. The molecule has 2 saturated carbocycles. The van der Waals surface area contributed by atoms with Crippen molar-refractivity contribution < 1.29 is 72.0 Å². The highest BCUT2D eigenvalue weighted by molar-refractivity contribution is 6.34. The lowest BCUT2D eigenvalue weighted by molar-refractivity contribution is -0.164. The maximum atomic E-state index is 13.4. The number of imide groups is 4. The molecule has 9 amide bonds. The van der Waals surface area contributed by atoms with Gasteiger partial charge in [0.2, 0.25) is 35.0 Å². The Balaban J connectivity index is 0.000000166. The second kappa shape index (κ2) is 33.1. The smallest absolute Gasteiger partial charge is 0.337 e. The quantitative estimate of drug-likeness (QED) is 0.0226. The molecule has 16 rings (SSSR count). The number of carboxylic acids is 1. The molecule has 4 aromatic heterocycles. The van der Waals surface area contributed by atoms with Gasteiger partial charge in [-0.3, -0.25) is 72.9 Å². The predicted molar refractivity (Wildman–Crippen MR) is 434 cm³/mol. The van der Waals surface area contributed by atoms with Gasteiger partial charge >= 0.3 is 5.97 Å². The highest BCUT2D eigenvalue weighted by atomic mass is 35.5. The number of nitrogens with two attached hydrogens (primary N) is 1. The second-order valence-electron chi connectivity index (χ2n) is 33.1. The average molecular weight is 1660 g/mol. The Morgan fingerprint density at radius 3 is 1.34 bits per heavy atom. The number of carbonyl (C=O) groups excluding carboxylic acids is 9. The third-order valence-electron chi connectivity index (χ3n) is 23.5. The summed E-state index contributed by atoms with van der Waals surface area (Å²) in [6.07, 6.45) is 10.3. The number of piperidine rings is 2. The van der Waals surface area contributed by atoms with Crippen LogP contribution >= 0.6 is 23.2 Å². The Morgan fingerprint density at radius 2 is 0.950 bits per heavy atom. The third kappa shape index (κ3) is 16.5. The van der Waals surface area contributed by atoms with Crippen molar-refractivity contribution in [1.82, 2.24) is 55.3 Å². The summed E-state index contributed by atoms with van der Waals surface area (Å²) >= 11 is 12.3. The Hall–Kier alpha value is -12.6. The molecule has 2 atom stereocenters. The zero-order valence-electron chi connectivity index (χ0n) is 66.7. The molecule has 8 aliphatic rings. The largest absolute Gasteiger partial charge is 0.494 e. The number of benzene rings is 4. The first-order valence-corrected chi connectivity index (χ1v) is 39.9. The number of aryl methyl sites for hydroxylation is 2. The van der Waals surface area contributed by atoms with Gasteiger partial charge in [0.15, 0.2) is 0 Å². The van der Waals surface area contributed by atoms with E-state index in [1.807, 2.05) is 32.7 Å². The average Bonchev–Trinajstić information content (AvgIpc) is 1.65. The van der Waals surface area contributed by atoms with E-state index in [0.29, 0.717) is 108 Å². The number of carbonyl (C=O) groups is 10. The summed E-state index contributed by atoms with van der Waals surface area (Å²) in [5.41, 5.74) is 11.7. The maximum Gasteiger partial charge on any atom is 0.337 e. The first-order chi connectivity index (χ1) is 56.6. The standard InChI is InChI=1S/C43H43ClN8O7.C28H26N6O7.C15H19ClN2O/c1-42(2)40(43(3,4)41(42)59-27-10-12-31(45-5)30(44)19-27)48-36(54)24-8-14-34(46-20-24)50-21-25-22-51(49-32(25)23-50)16-6-7-17-58-26-9-11-28-29(18-26)39(57)52(38(28)56)33-13-15-35(53)47-37(33)55;35-24-8-6-22(25(36)30-24)34-26(37)19-5-4-18(11-20(19)27(34)38)41-10-2-1-9-33-14-17-13-32(15-21(17)31-33)23-7-3-16(12-29-23)28(39)40;1-14(2)12(17)15(3,4)13(14)19-9-6-7-11(18-5)10(16)8-9/h8-12,14,18-20,22,33,40-41H,6-7,13,15-17,21,23H2,1-4H3,(H,48,54)(H,47,53,55);3-5,7,11-12,14,22H,1-2,6,8-10,13,15H2,(H,39,40)(H,30,35,36);6-8,12-13H,17H2,1-4H3. The van der Waals surface area contributed by atoms with Gasteiger partial charge in [-0.15, -0.1) is 0 Å². The van der Waals surface area contributed by atoms with Crippen LogP contribution in [0.2, 0.25) is 10.0 Å². The number of nitrogens with zero attached hydrogens (tertiary/aromatic N) is 12. The number of aromatic nitrogens is 6. The van der Waals surface area contributed by atoms with Crippen LogP contribution in [0.3, 0.4) is 0 Å². The number of amides is 9. The summed E-state index contributed by atoms with van der Waals surface area (Å²) in [7, 11) is 0. The van der Waals surface area contributed by atoms with E-state index >= 15 is 0 Å². The minimum Gasteiger partial charge on any atom is -0.494 e. The summed E-state index contributed by atoms with van der Waals surface area (Å²) in [4.78, 5) is 146. The first-order valence-electron chi connectivity index (χ1n) is 39.1. The van der Waals surface area contributed by atoms with Crippen LogP contribution in [-0.4, -0.2) is 153 Å². The van der Waals surface area contributed by atoms with Crippen LogP contribution in [0.4, 0.5) is 23.0 Å². The summed E-state index contributed by atoms with van der Waals surface area (Å²) in [6, 6.07) is 24.4. The number of nitrogens with one attached hydrogen (secondary N) is 3. The summed E-state index contributed by atoms with van der Waals surface area (Å²) < 4.78 is 28.0. The van der Waals surface area contributed by atoms with Crippen molar-refractivity contribution in [2.45, 2.75) is 182 Å². The minimum absolute atomic E-state index is 0.0323. The molecule has 4 aromatic carbocycles. The lowest BCUT2D eigenvalue weighted by Crippen LogP contribution is -2.74. The summed E-state index contributed by atoms with van der Waals surface area (Å²) in [5.74, 6) is -1.93. The number of rotatable bonds is 23. The van der Waals surface area contributed by atoms with Gasteiger partial charge in [-0.2, -0.15) is 10.2 Å². The van der Waals surface area contributed by atoms with Crippen LogP contribution < -0.4 is 50.4 Å². The molecule has 10 heterocycles. The van der Waals surface area contributed by atoms with Crippen LogP contribution in [-0.2, 0) is 58.4 Å². The first kappa shape index (κ1) is 82.9. The molecule has 0 radical (unpaired) electrons. The number of carboxylic acid groups (broad SMARTS) is 1. The van der Waals surface area contributed by atoms with Crippen LogP contribution in [0.5, 0.6) is 23.0 Å². The lowest BCUT2D eigenvalue weighted by atomic mass is 9.49. The number of aromatic carboxylic acids is 1. The fourth-order valence-electron chi connectivity index (χ4n) is 17.6. The van der Waals surface area contributed by atoms with Crippen LogP contribution in [0.15, 0.2) is 122 Å². The minimum atomic E-state index is -1.01. The SMILES string of the molecule is O=C1CCC(N2C(=O)c3ccc(OCCCCn4cc5c(n4)CN(c4ccc(C(=O)O)cn4)C5)cc3C2=O)C(=O)N1.[C-]#[N+]c1ccc(OC2C(C)(C)C(N)C2(C)C)cc1Cl.[C-]#[N+]c1ccc(OC2C(C)(C)C(NC(=O)c3ccc(N4Cc5cn(CCCCOc6ccc7c(c6)C(=O)N(C6CCC(=O)NC6=O)C7=O)nc5C4)nc3)C2(C)C)cc1Cl. The molecule has 4 fully saturated rings. The van der Waals surface area contributed by atoms with E-state index in [4.69, 9.17) is 71.2 Å². The van der Waals surface area contributed by atoms with E-state index in [2.05, 4.69) is 101 Å². The monoisotopic (exact) mass is 1650 g/mol. The lowest BCUT2D eigenvalue weighted by Gasteiger charge is -2.63. The van der Waals surface area contributed by atoms with E-state index in [-0.39, 0.29) is 105 Å². The van der Waals surface area contributed by atoms with E-state index in [0.717, 1.165) is 63.8 Å². The molecule has 2 aliphatic carbocycles. The molecule has 2 saturated heterocycles. The zero-order chi connectivity index (χ0) is 84.9. The molecule has 0 spiro atoms. The zero-order valence-corrected chi connectivity index (χ0v) is 68.2. The molecular formula is C86H88Cl2N16O15. The van der Waals surface area contributed by atoms with E-state index in [1.165, 1.54) is 30.5 Å². The van der Waals surface area contributed by atoms with Gasteiger partial charge in [-0.1, -0.05) is 90.7 Å². The molecule has 31 nitrogen and oxygen atoms in total. The Labute approximate surface area is 695 Å². The maximum absolute atomic E-state index is 13.4. The number of fused-ring (bicyclic) bond motifs is 4. The molecular weight excluding hydrogens is 1570 g/mol. The second-order valence-corrected chi connectivity index (χ2v) is 33.9. The third-order valence-corrected chi connectivity index (χ3v) is 24.1. The van der Waals surface area contributed by atoms with Gasteiger partial charge in [0.05, 0.1) is 94.3 Å². The molecule has 119 heavy (non-hydrogen) atoms. The van der Waals surface area contributed by atoms with Gasteiger partial charge in [-0.25, -0.2) is 24.5 Å². The van der Waals surface area contributed by atoms with E-state index in [9.17, 15) is 47.9 Å². The van der Waals surface area contributed by atoms with Gasteiger partial charge in [0.25, 0.3) is 29.5 Å². The fraction of sp³-hybridized carbons (Fsp3) is 0.395. The molecule has 6 N–H and O–H groups in total. The van der Waals surface area contributed by atoms with Crippen molar-refractivity contribution in [3.8, 4) is 23.0 Å². The van der Waals surface area contributed by atoms with Gasteiger partial charge in [-0.05, 0) is 123 Å². The van der Waals surface area contributed by atoms with Crippen molar-refractivity contribution in [2.24, 2.45) is 27.4 Å². The van der Waals surface area contributed by atoms with Crippen molar-refractivity contribution in [3.63, 3.8) is 0 Å². The van der Waals surface area contributed by atoms with Crippen molar-refractivity contribution in [1.29, 1.82) is 0 Å². The Kier molecular flexibility index (Phi) is 23.1. The fourth-order valence-corrected chi connectivity index (χ4v) is 18.1. The Morgan fingerprint density at radius 1 is 0.538 bits per heavy atom. The van der Waals surface area contributed by atoms with Crippen molar-refractivity contribution >= 4 is 105 Å². The number of hydrogen-bond acceptors (Lipinski definition) is 21. The highest BCUT2D eigenvalue weighted by Crippen LogP contribution is 2.57. The summed E-state index contributed by atoms with van der Waals surface area (Å²) in [6.45, 7) is 35.6. The molecule has 2 unspecified atom stereocenters. The normalized spacial score (nSPS) is 21.1. The predicted octanol–water partition coefficient (Wildman–Crippen LogP) is 11.7. The number of pyridine rings is 2. The van der Waals surface area contributed by atoms with Gasteiger partial charge in [0.1, 0.15) is 58.9 Å². The van der Waals surface area contributed by atoms with Crippen LogP contribution in [0.25, 0.3) is 9.69 Å². The van der Waals surface area contributed by atoms with E-state index in [1.54, 1.807) is 72.9 Å². The number of halogens is 2. The van der Waals surface area contributed by atoms with Gasteiger partial charge < -0.3 is 44.9 Å². The van der Waals surface area contributed by atoms with E-state index < -0.39 is 65.3 Å². The number of unbranched alkanes of at least 4 members (excludes halogenated alkanes) is 2. The molecule has 6 aliphatic heterocycles. The number of ether oxygens (including phenoxy) is 4.